The number of hydrogen-bond donors (Lipinski definition) is 0. The van der Waals surface area contributed by atoms with Gasteiger partial charge in [0.05, 0.1) is 29.2 Å². The van der Waals surface area contributed by atoms with Crippen LogP contribution in [0.4, 0.5) is 23.2 Å². The number of pyridine rings is 1. The van der Waals surface area contributed by atoms with Gasteiger partial charge in [-0.15, -0.1) is 0 Å². The maximum absolute atomic E-state index is 15.8. The van der Waals surface area contributed by atoms with Crippen LogP contribution in [0.2, 0.25) is 0 Å². The highest BCUT2D eigenvalue weighted by Gasteiger charge is 2.43. The fourth-order valence-electron chi connectivity index (χ4n) is 6.23. The Balaban J connectivity index is 1.75. The molecule has 4 aromatic carbocycles. The standard InChI is InChI=1S/C40H29F4N5/c1-5-24(2)25-20-33(28-16-19-32(42)38(46-3)37(28)44)47-34(21-25)40(26-12-8-6-9-13-26,27-14-10-7-11-15-27)35-23-49(4)39(48-35)29-17-18-31(41)30(22-45)36(29)43/h6-21,23-24H,5H2,1-2,4H3. The molecule has 0 N–H and O–H groups in total. The van der Waals surface area contributed by atoms with Gasteiger partial charge in [0, 0.05) is 18.8 Å². The van der Waals surface area contributed by atoms with Crippen LogP contribution in [-0.4, -0.2) is 14.5 Å². The summed E-state index contributed by atoms with van der Waals surface area (Å²) in [6.45, 7) is 11.5. The first-order valence-corrected chi connectivity index (χ1v) is 15.6. The number of nitriles is 1. The van der Waals surface area contributed by atoms with E-state index in [0.717, 1.165) is 35.2 Å². The number of hydrogen-bond acceptors (Lipinski definition) is 3. The summed E-state index contributed by atoms with van der Waals surface area (Å²) >= 11 is 0. The van der Waals surface area contributed by atoms with Crippen molar-refractivity contribution in [2.75, 3.05) is 0 Å². The molecule has 2 aromatic heterocycles. The van der Waals surface area contributed by atoms with Gasteiger partial charge in [-0.3, -0.25) is 4.98 Å². The summed E-state index contributed by atoms with van der Waals surface area (Å²) < 4.78 is 61.8. The van der Waals surface area contributed by atoms with Gasteiger partial charge in [0.25, 0.3) is 5.69 Å². The SMILES string of the molecule is [C-]#[N+]c1c(F)ccc(-c2cc(C(C)CC)cc(C(c3ccccc3)(c3ccccc3)c3cn(C)c(-c4ccc(F)c(C#N)c4F)n3)n2)c1F. The van der Waals surface area contributed by atoms with Gasteiger partial charge in [0.15, 0.2) is 5.82 Å². The number of imidazole rings is 1. The topological polar surface area (TPSA) is 58.9 Å². The largest absolute Gasteiger partial charge is 0.334 e. The van der Waals surface area contributed by atoms with Crippen molar-refractivity contribution < 1.29 is 17.6 Å². The van der Waals surface area contributed by atoms with E-state index < -0.39 is 39.9 Å². The van der Waals surface area contributed by atoms with Gasteiger partial charge in [-0.2, -0.15) is 5.26 Å². The van der Waals surface area contributed by atoms with Gasteiger partial charge < -0.3 is 4.57 Å². The normalized spacial score (nSPS) is 11.9. The van der Waals surface area contributed by atoms with Crippen molar-refractivity contribution in [3.05, 3.63) is 172 Å². The van der Waals surface area contributed by atoms with Crippen LogP contribution in [0.1, 0.15) is 59.8 Å². The summed E-state index contributed by atoms with van der Waals surface area (Å²) in [5.74, 6) is -3.86. The molecule has 1 atom stereocenters. The van der Waals surface area contributed by atoms with Crippen LogP contribution in [0.15, 0.2) is 103 Å². The molecule has 0 saturated heterocycles. The molecule has 1 unspecified atom stereocenters. The van der Waals surface area contributed by atoms with Crippen LogP contribution in [0.3, 0.4) is 0 Å². The Morgan fingerprint density at radius 3 is 2.02 bits per heavy atom. The molecule has 0 fully saturated rings. The number of benzene rings is 4. The molecule has 9 heteroatoms. The Bertz CT molecular complexity index is 2230. The Morgan fingerprint density at radius 2 is 1.43 bits per heavy atom. The van der Waals surface area contributed by atoms with Gasteiger partial charge in [-0.05, 0) is 65.4 Å². The molecule has 0 aliphatic carbocycles. The van der Waals surface area contributed by atoms with E-state index in [1.807, 2.05) is 80.6 Å². The first kappa shape index (κ1) is 32.9. The fourth-order valence-corrected chi connectivity index (χ4v) is 6.23. The summed E-state index contributed by atoms with van der Waals surface area (Å²) in [4.78, 5) is 13.2. The van der Waals surface area contributed by atoms with Crippen molar-refractivity contribution in [3.63, 3.8) is 0 Å². The molecular weight excluding hydrogens is 626 g/mol. The summed E-state index contributed by atoms with van der Waals surface area (Å²) in [5, 5.41) is 9.47. The van der Waals surface area contributed by atoms with Crippen molar-refractivity contribution in [3.8, 4) is 28.7 Å². The third-order valence-electron chi connectivity index (χ3n) is 8.99. The minimum Gasteiger partial charge on any atom is -0.334 e. The van der Waals surface area contributed by atoms with E-state index in [1.165, 1.54) is 12.1 Å². The molecule has 0 spiro atoms. The summed E-state index contributed by atoms with van der Waals surface area (Å²) in [7, 11) is 1.68. The predicted octanol–water partition coefficient (Wildman–Crippen LogP) is 10.0. The Morgan fingerprint density at radius 1 is 0.816 bits per heavy atom. The number of aromatic nitrogens is 3. The van der Waals surface area contributed by atoms with Gasteiger partial charge >= 0.3 is 0 Å². The highest BCUT2D eigenvalue weighted by Crippen LogP contribution is 2.46. The Labute approximate surface area is 281 Å². The monoisotopic (exact) mass is 655 g/mol. The maximum atomic E-state index is 15.8. The summed E-state index contributed by atoms with van der Waals surface area (Å²) in [5.41, 5.74) is 0.553. The second-order valence-electron chi connectivity index (χ2n) is 11.8. The molecule has 2 heterocycles. The van der Waals surface area contributed by atoms with Crippen LogP contribution in [0.25, 0.3) is 27.5 Å². The van der Waals surface area contributed by atoms with Gasteiger partial charge in [-0.25, -0.2) is 27.4 Å². The molecule has 6 rings (SSSR count). The lowest BCUT2D eigenvalue weighted by molar-refractivity contribution is 0.578. The average Bonchev–Trinajstić information content (AvgIpc) is 3.50. The maximum Gasteiger partial charge on any atom is 0.257 e. The molecular formula is C40H29F4N5. The van der Waals surface area contributed by atoms with Crippen LogP contribution in [0, 0.1) is 41.2 Å². The lowest BCUT2D eigenvalue weighted by Gasteiger charge is -2.34. The summed E-state index contributed by atoms with van der Waals surface area (Å²) in [6, 6.07) is 28.8. The Kier molecular flexibility index (Phi) is 8.86. The van der Waals surface area contributed by atoms with Crippen molar-refractivity contribution >= 4 is 5.69 Å². The quantitative estimate of drug-likeness (QED) is 0.121. The molecule has 0 amide bonds. The zero-order valence-electron chi connectivity index (χ0n) is 26.8. The van der Waals surface area contributed by atoms with Crippen molar-refractivity contribution in [2.24, 2.45) is 7.05 Å². The molecule has 0 aliphatic heterocycles. The van der Waals surface area contributed by atoms with Gasteiger partial charge in [0.2, 0.25) is 0 Å². The lowest BCUT2D eigenvalue weighted by atomic mass is 9.69. The molecule has 0 saturated carbocycles. The predicted molar refractivity (Wildman–Crippen MR) is 180 cm³/mol. The zero-order chi connectivity index (χ0) is 34.9. The third kappa shape index (κ3) is 5.54. The van der Waals surface area contributed by atoms with E-state index >= 15 is 8.78 Å². The van der Waals surface area contributed by atoms with E-state index in [-0.39, 0.29) is 28.6 Å². The van der Waals surface area contributed by atoms with E-state index in [1.54, 1.807) is 29.9 Å². The number of halogens is 4. The molecule has 49 heavy (non-hydrogen) atoms. The smallest absolute Gasteiger partial charge is 0.257 e. The number of rotatable bonds is 8. The fraction of sp³-hybridized carbons (Fsp3) is 0.150. The van der Waals surface area contributed by atoms with Crippen molar-refractivity contribution in [1.82, 2.24) is 14.5 Å². The van der Waals surface area contributed by atoms with Gasteiger partial charge in [-0.1, -0.05) is 74.5 Å². The molecule has 0 aliphatic rings. The van der Waals surface area contributed by atoms with Crippen LogP contribution in [-0.2, 0) is 12.5 Å². The molecule has 0 bridgehead atoms. The van der Waals surface area contributed by atoms with E-state index in [9.17, 15) is 14.0 Å². The molecule has 0 radical (unpaired) electrons. The second kappa shape index (κ2) is 13.2. The second-order valence-corrected chi connectivity index (χ2v) is 11.8. The average molecular weight is 656 g/mol. The third-order valence-corrected chi connectivity index (χ3v) is 8.99. The zero-order valence-corrected chi connectivity index (χ0v) is 26.8. The Hall–Kier alpha value is -6.06. The number of nitrogens with zero attached hydrogens (tertiary/aromatic N) is 5. The molecule has 6 aromatic rings. The molecule has 242 valence electrons. The van der Waals surface area contributed by atoms with Gasteiger partial charge in [0.1, 0.15) is 40.3 Å². The van der Waals surface area contributed by atoms with Crippen molar-refractivity contribution in [2.45, 2.75) is 31.6 Å². The first-order chi connectivity index (χ1) is 23.6. The first-order valence-electron chi connectivity index (χ1n) is 15.6. The minimum absolute atomic E-state index is 0.00871. The number of aryl methyl sites for hydroxylation is 1. The summed E-state index contributed by atoms with van der Waals surface area (Å²) in [6.07, 6.45) is 2.47. The van der Waals surface area contributed by atoms with E-state index in [0.29, 0.717) is 11.4 Å². The lowest BCUT2D eigenvalue weighted by Crippen LogP contribution is -2.33. The van der Waals surface area contributed by atoms with Crippen LogP contribution < -0.4 is 0 Å². The van der Waals surface area contributed by atoms with Crippen LogP contribution >= 0.6 is 0 Å². The van der Waals surface area contributed by atoms with Crippen molar-refractivity contribution in [1.29, 1.82) is 5.26 Å². The highest BCUT2D eigenvalue weighted by molar-refractivity contribution is 5.70. The minimum atomic E-state index is -1.29. The molecule has 5 nitrogen and oxygen atoms in total. The highest BCUT2D eigenvalue weighted by atomic mass is 19.1. The van der Waals surface area contributed by atoms with E-state index in [2.05, 4.69) is 4.85 Å². The van der Waals surface area contributed by atoms with E-state index in [4.69, 9.17) is 16.5 Å². The van der Waals surface area contributed by atoms with Crippen LogP contribution in [0.5, 0.6) is 0 Å².